The molecule has 0 amide bonds. The fraction of sp³-hybridized carbons (Fsp3) is 0.353. The fourth-order valence-corrected chi connectivity index (χ4v) is 3.19. The maximum Gasteiger partial charge on any atom is 0.106 e. The van der Waals surface area contributed by atoms with Gasteiger partial charge in [-0.3, -0.25) is 4.90 Å². The third kappa shape index (κ3) is 3.28. The first-order valence-electron chi connectivity index (χ1n) is 7.22. The number of nitrogens with zero attached hydrogens (tertiary/aromatic N) is 2. The van der Waals surface area contributed by atoms with E-state index in [1.165, 1.54) is 36.9 Å². The summed E-state index contributed by atoms with van der Waals surface area (Å²) in [7, 11) is 0. The van der Waals surface area contributed by atoms with Gasteiger partial charge in [-0.05, 0) is 52.5 Å². The summed E-state index contributed by atoms with van der Waals surface area (Å²) >= 11 is 3.41. The summed E-state index contributed by atoms with van der Waals surface area (Å²) in [5, 5.41) is 0. The molecule has 0 aliphatic carbocycles. The van der Waals surface area contributed by atoms with Crippen molar-refractivity contribution < 1.29 is 0 Å². The van der Waals surface area contributed by atoms with Gasteiger partial charge in [-0.2, -0.15) is 0 Å². The van der Waals surface area contributed by atoms with Gasteiger partial charge in [-0.1, -0.05) is 42.8 Å². The highest BCUT2D eigenvalue weighted by Gasteiger charge is 2.24. The second-order valence-corrected chi connectivity index (χ2v) is 6.19. The Morgan fingerprint density at radius 3 is 2.70 bits per heavy atom. The molecule has 3 heteroatoms. The monoisotopic (exact) mass is 330 g/mol. The van der Waals surface area contributed by atoms with Gasteiger partial charge in [0.05, 0.1) is 0 Å². The number of likely N-dealkylation sites (tertiary alicyclic amines) is 1. The van der Waals surface area contributed by atoms with E-state index in [1.807, 2.05) is 12.3 Å². The van der Waals surface area contributed by atoms with E-state index in [9.17, 15) is 0 Å². The van der Waals surface area contributed by atoms with Gasteiger partial charge < -0.3 is 0 Å². The van der Waals surface area contributed by atoms with Crippen LogP contribution in [-0.2, 0) is 6.54 Å². The lowest BCUT2D eigenvalue weighted by molar-refractivity contribution is 0.140. The minimum absolute atomic E-state index is 0.504. The normalized spacial score (nSPS) is 19.9. The maximum absolute atomic E-state index is 4.39. The first kappa shape index (κ1) is 13.8. The van der Waals surface area contributed by atoms with Crippen LogP contribution in [0, 0.1) is 0 Å². The molecular formula is C17H19BrN2. The molecule has 104 valence electrons. The Hall–Kier alpha value is -1.19. The summed E-state index contributed by atoms with van der Waals surface area (Å²) in [6.45, 7) is 2.21. The van der Waals surface area contributed by atoms with Crippen molar-refractivity contribution in [1.29, 1.82) is 0 Å². The summed E-state index contributed by atoms with van der Waals surface area (Å²) < 4.78 is 0.909. The van der Waals surface area contributed by atoms with Crippen LogP contribution >= 0.6 is 15.9 Å². The molecular weight excluding hydrogens is 312 g/mol. The molecule has 1 saturated heterocycles. The Labute approximate surface area is 129 Å². The van der Waals surface area contributed by atoms with Crippen molar-refractivity contribution in [2.24, 2.45) is 0 Å². The van der Waals surface area contributed by atoms with Gasteiger partial charge in [0.1, 0.15) is 4.60 Å². The van der Waals surface area contributed by atoms with E-state index < -0.39 is 0 Å². The van der Waals surface area contributed by atoms with E-state index >= 15 is 0 Å². The van der Waals surface area contributed by atoms with Gasteiger partial charge in [0.15, 0.2) is 0 Å². The van der Waals surface area contributed by atoms with Crippen molar-refractivity contribution >= 4 is 15.9 Å². The van der Waals surface area contributed by atoms with Crippen molar-refractivity contribution in [3.63, 3.8) is 0 Å². The first-order chi connectivity index (χ1) is 9.83. The lowest BCUT2D eigenvalue weighted by Crippen LogP contribution is -2.32. The number of aromatic nitrogens is 1. The quantitative estimate of drug-likeness (QED) is 0.766. The van der Waals surface area contributed by atoms with Gasteiger partial charge in [-0.15, -0.1) is 0 Å². The predicted octanol–water partition coefficient (Wildman–Crippen LogP) is 4.57. The summed E-state index contributed by atoms with van der Waals surface area (Å²) in [6, 6.07) is 15.5. The van der Waals surface area contributed by atoms with Gasteiger partial charge in [0.25, 0.3) is 0 Å². The Morgan fingerprint density at radius 1 is 1.10 bits per heavy atom. The van der Waals surface area contributed by atoms with Crippen LogP contribution in [0.4, 0.5) is 0 Å². The Bertz CT molecular complexity index is 539. The van der Waals surface area contributed by atoms with E-state index in [4.69, 9.17) is 0 Å². The van der Waals surface area contributed by atoms with Crippen LogP contribution in [-0.4, -0.2) is 16.4 Å². The van der Waals surface area contributed by atoms with Crippen molar-refractivity contribution in [3.05, 3.63) is 64.4 Å². The molecule has 1 aliphatic heterocycles. The minimum Gasteiger partial charge on any atom is -0.292 e. The lowest BCUT2D eigenvalue weighted by atomic mass is 9.96. The van der Waals surface area contributed by atoms with E-state index in [-0.39, 0.29) is 0 Å². The molecule has 2 aromatic rings. The van der Waals surface area contributed by atoms with Gasteiger partial charge >= 0.3 is 0 Å². The Morgan fingerprint density at radius 2 is 1.95 bits per heavy atom. The summed E-state index contributed by atoms with van der Waals surface area (Å²) in [6.07, 6.45) is 5.85. The van der Waals surface area contributed by atoms with Crippen LogP contribution in [0.25, 0.3) is 0 Å². The topological polar surface area (TPSA) is 16.1 Å². The predicted molar refractivity (Wildman–Crippen MR) is 85.4 cm³/mol. The zero-order valence-electron chi connectivity index (χ0n) is 11.5. The van der Waals surface area contributed by atoms with Crippen molar-refractivity contribution in [2.45, 2.75) is 31.8 Å². The highest BCUT2D eigenvalue weighted by atomic mass is 79.9. The van der Waals surface area contributed by atoms with Crippen molar-refractivity contribution in [3.8, 4) is 0 Å². The first-order valence-corrected chi connectivity index (χ1v) is 8.01. The largest absolute Gasteiger partial charge is 0.292 e. The molecule has 1 aromatic heterocycles. The molecule has 1 aliphatic rings. The van der Waals surface area contributed by atoms with Crippen molar-refractivity contribution in [1.82, 2.24) is 9.88 Å². The Kier molecular flexibility index (Phi) is 4.48. The van der Waals surface area contributed by atoms with E-state index in [2.05, 4.69) is 62.2 Å². The standard InChI is InChI=1S/C17H19BrN2/c18-17-10-9-15(12-19-17)16-8-4-5-11-20(16)13-14-6-2-1-3-7-14/h1-3,6-7,9-10,12,16H,4-5,8,11,13H2/t16-/m0/s1. The fourth-order valence-electron chi connectivity index (χ4n) is 2.96. The molecule has 2 nitrogen and oxygen atoms in total. The van der Waals surface area contributed by atoms with Crippen LogP contribution in [0.1, 0.15) is 36.4 Å². The number of pyridine rings is 1. The van der Waals surface area contributed by atoms with Crippen LogP contribution in [0.15, 0.2) is 53.3 Å². The zero-order valence-corrected chi connectivity index (χ0v) is 13.1. The molecule has 0 N–H and O–H groups in total. The summed E-state index contributed by atoms with van der Waals surface area (Å²) in [4.78, 5) is 6.97. The molecule has 0 spiro atoms. The van der Waals surface area contributed by atoms with Crippen LogP contribution in [0.5, 0.6) is 0 Å². The lowest BCUT2D eigenvalue weighted by Gasteiger charge is -2.36. The number of rotatable bonds is 3. The van der Waals surface area contributed by atoms with Crippen LogP contribution in [0.3, 0.4) is 0 Å². The second-order valence-electron chi connectivity index (χ2n) is 5.38. The van der Waals surface area contributed by atoms with Crippen LogP contribution in [0.2, 0.25) is 0 Å². The smallest absolute Gasteiger partial charge is 0.106 e. The number of hydrogen-bond donors (Lipinski definition) is 0. The molecule has 0 saturated carbocycles. The van der Waals surface area contributed by atoms with E-state index in [0.717, 1.165) is 11.1 Å². The highest BCUT2D eigenvalue weighted by Crippen LogP contribution is 2.32. The van der Waals surface area contributed by atoms with E-state index in [1.54, 1.807) is 0 Å². The molecule has 0 unspecified atom stereocenters. The molecule has 1 atom stereocenters. The molecule has 3 rings (SSSR count). The maximum atomic E-state index is 4.39. The highest BCUT2D eigenvalue weighted by molar-refractivity contribution is 9.10. The average Bonchev–Trinajstić information content (AvgIpc) is 2.50. The van der Waals surface area contributed by atoms with Gasteiger partial charge in [0, 0.05) is 18.8 Å². The SMILES string of the molecule is Brc1ccc([C@@H]2CCCCN2Cc2ccccc2)cn1. The zero-order chi connectivity index (χ0) is 13.8. The number of benzene rings is 1. The minimum atomic E-state index is 0.504. The number of hydrogen-bond acceptors (Lipinski definition) is 2. The third-order valence-corrected chi connectivity index (χ3v) is 4.45. The molecule has 0 radical (unpaired) electrons. The van der Waals surface area contributed by atoms with Gasteiger partial charge in [-0.25, -0.2) is 4.98 Å². The molecule has 1 fully saturated rings. The summed E-state index contributed by atoms with van der Waals surface area (Å²) in [5.74, 6) is 0. The van der Waals surface area contributed by atoms with Crippen LogP contribution < -0.4 is 0 Å². The summed E-state index contributed by atoms with van der Waals surface area (Å²) in [5.41, 5.74) is 2.73. The second kappa shape index (κ2) is 6.51. The molecule has 2 heterocycles. The number of piperidine rings is 1. The van der Waals surface area contributed by atoms with Crippen molar-refractivity contribution in [2.75, 3.05) is 6.54 Å². The number of halogens is 1. The van der Waals surface area contributed by atoms with E-state index in [0.29, 0.717) is 6.04 Å². The molecule has 20 heavy (non-hydrogen) atoms. The Balaban J connectivity index is 1.78. The molecule has 1 aromatic carbocycles. The average molecular weight is 331 g/mol. The molecule has 0 bridgehead atoms. The van der Waals surface area contributed by atoms with Gasteiger partial charge in [0.2, 0.25) is 0 Å². The third-order valence-electron chi connectivity index (χ3n) is 3.98.